The molecule has 2 spiro atoms. The number of fused-ring (bicyclic) bond motifs is 22. The van der Waals surface area contributed by atoms with Crippen LogP contribution in [0.2, 0.25) is 0 Å². The summed E-state index contributed by atoms with van der Waals surface area (Å²) in [5.41, 5.74) is 26.8. The third-order valence-corrected chi connectivity index (χ3v) is 29.1. The number of hydrogen-bond acceptors (Lipinski definition) is 28. The number of nitriles is 1. The van der Waals surface area contributed by atoms with E-state index in [0.29, 0.717) is 96.0 Å². The van der Waals surface area contributed by atoms with E-state index in [-0.39, 0.29) is 138 Å². The van der Waals surface area contributed by atoms with E-state index >= 15 is 0 Å². The van der Waals surface area contributed by atoms with Crippen LogP contribution in [0.4, 0.5) is 0 Å². The molecule has 22 rings (SSSR count). The van der Waals surface area contributed by atoms with E-state index in [4.69, 9.17) is 73.5 Å². The molecule has 0 unspecified atom stereocenters. The van der Waals surface area contributed by atoms with Gasteiger partial charge in [-0.3, -0.25) is 30.2 Å². The van der Waals surface area contributed by atoms with Crippen LogP contribution in [0.5, 0.6) is 46.0 Å². The number of esters is 2. The summed E-state index contributed by atoms with van der Waals surface area (Å²) in [7, 11) is 7.27. The fraction of sp³-hybridized carbons (Fsp3) is 0.476. The molecule has 10 N–H and O–H groups in total. The monoisotopic (exact) mass is 1680 g/mol. The molecule has 1 radical (unpaired) electrons. The fourth-order valence-electron chi connectivity index (χ4n) is 21.2. The van der Waals surface area contributed by atoms with Gasteiger partial charge in [0.1, 0.15) is 48.2 Å². The van der Waals surface area contributed by atoms with Crippen LogP contribution in [-0.4, -0.2) is 185 Å². The average Bonchev–Trinajstić information content (AvgIpc) is 1.23. The predicted octanol–water partition coefficient (Wildman–Crippen LogP) is 9.17. The number of thioether (sulfide) groups is 2. The molecular formula is C82H92AgN10O18S2. The number of aryl methyl sites for hydroxylation is 2. The van der Waals surface area contributed by atoms with Gasteiger partial charge in [-0.15, -0.1) is 33.6 Å². The maximum Gasteiger partial charge on any atom is 0.335 e. The number of aliphatic hydroxyl groups excluding tert-OH is 1. The van der Waals surface area contributed by atoms with E-state index in [9.17, 15) is 30.2 Å². The molecule has 0 amide bonds. The van der Waals surface area contributed by atoms with Crippen LogP contribution in [-0.2, 0) is 78.2 Å². The summed E-state index contributed by atoms with van der Waals surface area (Å²) >= 11 is 3.29. The van der Waals surface area contributed by atoms with Crippen molar-refractivity contribution in [3.05, 3.63) is 171 Å². The maximum atomic E-state index is 14.9. The Morgan fingerprint density at radius 3 is 1.46 bits per heavy atom. The quantitative estimate of drug-likeness (QED) is 0.0352. The Bertz CT molecular complexity index is 5310. The van der Waals surface area contributed by atoms with Crippen molar-refractivity contribution in [2.45, 2.75) is 169 Å². The molecule has 4 fully saturated rings. The summed E-state index contributed by atoms with van der Waals surface area (Å²) in [6.07, 6.45) is 1.39. The second-order valence-corrected chi connectivity index (χ2v) is 33.6. The van der Waals surface area contributed by atoms with E-state index in [1.54, 1.807) is 37.7 Å². The number of rotatable bonds is 4. The Balaban J connectivity index is 0.000000160. The van der Waals surface area contributed by atoms with Crippen molar-refractivity contribution in [1.82, 2.24) is 30.2 Å². The summed E-state index contributed by atoms with van der Waals surface area (Å²) in [5.74, 6) is 4.58. The zero-order valence-electron chi connectivity index (χ0n) is 63.3. The molecular weight excluding hydrogens is 1580 g/mol. The van der Waals surface area contributed by atoms with Crippen molar-refractivity contribution < 1.29 is 104 Å². The standard InChI is InChI=1S/C41H43N5O7S.C40H44N4O8S.CH4.Ag.HNO3/c1-18-10-21-11-25-26(14-43)46-27-15-50-40(48)41(39-24(12-22(13-42)44-41)23-8-6-7-9-28(23)53-39)16-54-38(29-19(2)20(3)36-37(31(27)29)52-17-51-36)33(46)32(45(25)4)30(21)34(47)35(18)49-5;1-17-10-20-11-24-38(46)44-25-14-49-39(47)40(37-23(12-21(13-41)42-40)22-8-6-7-9-26(22)52-37)15-53-36(27-18(2)19(3)34-35(29(25)27)51-16-50-34)31(44)30(43(24)4)28(20)32(45)33(17)48-5;;;2-1(3)4/h6-10,22,25-27,32-33,38,44,47H,11-13,15-17,42H2,1-5H3;6-10,21,24-25,30-31,36,38,42,45-46H,11-16,41H2,1-5H3;1H4;;(H,2,3,4)/t22-,25+,26+,27+,32-,33-,38-,41-;21-,24+,25+,30-,31-,36-,38+,40-;;;/m11.../s1. The van der Waals surface area contributed by atoms with Crippen LogP contribution >= 0.6 is 23.5 Å². The first kappa shape index (κ1) is 78.4. The number of nitrogens with one attached hydrogen (secondary N) is 2. The van der Waals surface area contributed by atoms with Gasteiger partial charge in [-0.1, -0.05) is 56.0 Å². The molecule has 601 valence electrons. The van der Waals surface area contributed by atoms with Crippen molar-refractivity contribution in [3.63, 3.8) is 0 Å². The van der Waals surface area contributed by atoms with Crippen LogP contribution in [0, 0.1) is 63.0 Å². The molecule has 0 saturated carbocycles. The van der Waals surface area contributed by atoms with Gasteiger partial charge >= 0.3 is 11.9 Å². The zero-order chi connectivity index (χ0) is 77.6. The number of likely N-dealkylation sites (N-methyl/N-ethyl adjacent to an activating group) is 2. The number of methoxy groups -OCH3 is 2. The second-order valence-electron chi connectivity index (χ2n) is 31.3. The number of aromatic hydroxyl groups is 2. The molecule has 8 bridgehead atoms. The SMILES string of the molecule is C.COc1c(C)cc2c(c1O)[C@@H]1[C@@H]3[C@@H]4SC[C@]5(N[C@@H](CN)Cc6c5oc5ccccc65)C(=O)OC[C@@H](c5c6c(c(C)c(C)c54)OCO6)N3[C@@H](C#N)[C@H](C2)N1C.COc1c(C)cc2c(c1O)[C@@H]1[C@@H]3[C@@H]4SC[C@]5(N[C@@H](CN)Cc6c5oc5ccccc65)C(=O)OC[C@@H](c5c6c(c(C)c(C)c54)OCO6)N3[C@@H](O)[C@H](C2)N1C.O=[N+]([O-])O.[Ag]. The Hall–Kier alpha value is -8.49. The minimum absolute atomic E-state index is 0. The van der Waals surface area contributed by atoms with E-state index in [1.165, 1.54) is 0 Å². The fourth-order valence-corrected chi connectivity index (χ4v) is 24.7. The topological polar surface area (TPSA) is 371 Å². The summed E-state index contributed by atoms with van der Waals surface area (Å²) in [6.45, 7) is 13.0. The number of ether oxygens (including phenoxy) is 8. The van der Waals surface area contributed by atoms with Crippen molar-refractivity contribution in [1.29, 1.82) is 5.26 Å². The Morgan fingerprint density at radius 1 is 0.619 bits per heavy atom. The van der Waals surface area contributed by atoms with Gasteiger partial charge in [0.15, 0.2) is 57.1 Å². The number of aliphatic hydroxyl groups is 1. The second kappa shape index (κ2) is 29.0. The summed E-state index contributed by atoms with van der Waals surface area (Å²) in [4.78, 5) is 47.1. The van der Waals surface area contributed by atoms with E-state index in [1.807, 2.05) is 69.4 Å². The molecule has 14 aliphatic rings. The maximum absolute atomic E-state index is 14.9. The minimum Gasteiger partial charge on any atom is -0.504 e. The van der Waals surface area contributed by atoms with Crippen LogP contribution in [0.15, 0.2) is 69.5 Å². The van der Waals surface area contributed by atoms with Crippen LogP contribution < -0.4 is 50.5 Å². The first-order valence-corrected chi connectivity index (χ1v) is 39.6. The van der Waals surface area contributed by atoms with Crippen molar-refractivity contribution in [3.8, 4) is 52.1 Å². The number of phenolic OH excluding ortho intramolecular Hbond substituents is 2. The number of furan rings is 2. The average molecular weight is 1680 g/mol. The Morgan fingerprint density at radius 2 is 1.03 bits per heavy atom. The van der Waals surface area contributed by atoms with Crippen LogP contribution in [0.25, 0.3) is 21.9 Å². The molecule has 6 aromatic carbocycles. The molecule has 31 heteroatoms. The molecule has 28 nitrogen and oxygen atoms in total. The molecule has 16 heterocycles. The Kier molecular flexibility index (Phi) is 20.2. The minimum atomic E-state index is -1.50. The number of piperazine rings is 2. The van der Waals surface area contributed by atoms with E-state index < -0.39 is 52.5 Å². The molecule has 0 aliphatic carbocycles. The number of benzene rings is 6. The predicted molar refractivity (Wildman–Crippen MR) is 414 cm³/mol. The summed E-state index contributed by atoms with van der Waals surface area (Å²) in [5, 5.41) is 70.0. The van der Waals surface area contributed by atoms with Gasteiger partial charge in [-0.2, -0.15) is 5.26 Å². The number of hydrogen-bond donors (Lipinski definition) is 8. The third-order valence-electron chi connectivity index (χ3n) is 26.1. The van der Waals surface area contributed by atoms with Gasteiger partial charge in [0.05, 0.1) is 50.5 Å². The van der Waals surface area contributed by atoms with Gasteiger partial charge in [0.25, 0.3) is 5.09 Å². The first-order chi connectivity index (χ1) is 53.4. The molecule has 4 saturated heterocycles. The third kappa shape index (κ3) is 11.3. The van der Waals surface area contributed by atoms with Crippen LogP contribution in [0.3, 0.4) is 0 Å². The van der Waals surface area contributed by atoms with Gasteiger partial charge < -0.3 is 78.7 Å². The largest absolute Gasteiger partial charge is 0.504 e. The number of phenols is 2. The molecule has 2 aromatic heterocycles. The number of carbonyl (C=O) groups excluding carboxylic acids is 2. The number of carbonyl (C=O) groups is 2. The van der Waals surface area contributed by atoms with Crippen molar-refractivity contribution in [2.24, 2.45) is 11.5 Å². The number of para-hydroxylation sites is 2. The molecule has 16 atom stereocenters. The van der Waals surface area contributed by atoms with Gasteiger partial charge in [0.2, 0.25) is 13.6 Å². The van der Waals surface area contributed by atoms with Gasteiger partial charge in [-0.05, 0) is 149 Å². The van der Waals surface area contributed by atoms with Gasteiger partial charge in [0, 0.05) is 132 Å². The van der Waals surface area contributed by atoms with Crippen molar-refractivity contribution >= 4 is 57.4 Å². The first-order valence-electron chi connectivity index (χ1n) is 37.5. The summed E-state index contributed by atoms with van der Waals surface area (Å²) < 4.78 is 62.6. The summed E-state index contributed by atoms with van der Waals surface area (Å²) in [6, 6.07) is 18.7. The zero-order valence-corrected chi connectivity index (χ0v) is 66.4. The molecule has 14 aliphatic heterocycles. The number of nitrogens with zero attached hydrogens (tertiary/aromatic N) is 6. The van der Waals surface area contributed by atoms with Crippen molar-refractivity contribution in [2.75, 3.05) is 79.7 Å². The number of nitrogens with two attached hydrogens (primary N) is 2. The van der Waals surface area contributed by atoms with Crippen LogP contribution in [0.1, 0.15) is 143 Å². The molecule has 8 aromatic rings. The van der Waals surface area contributed by atoms with Gasteiger partial charge in [-0.25, -0.2) is 9.59 Å². The van der Waals surface area contributed by atoms with E-state index in [2.05, 4.69) is 83.2 Å². The Labute approximate surface area is 676 Å². The normalized spacial score (nSPS) is 29.8. The van der Waals surface area contributed by atoms with E-state index in [0.717, 1.165) is 99.8 Å². The smallest absolute Gasteiger partial charge is 0.335 e. The molecule has 113 heavy (non-hydrogen) atoms.